The van der Waals surface area contributed by atoms with E-state index >= 15 is 0 Å². The van der Waals surface area contributed by atoms with Crippen molar-refractivity contribution in [3.63, 3.8) is 0 Å². The summed E-state index contributed by atoms with van der Waals surface area (Å²) in [6.45, 7) is 5.05. The highest BCUT2D eigenvalue weighted by Gasteiger charge is 2.25. The molecule has 0 aromatic rings. The van der Waals surface area contributed by atoms with Crippen molar-refractivity contribution < 1.29 is 14.7 Å². The van der Waals surface area contributed by atoms with Gasteiger partial charge < -0.3 is 14.9 Å². The van der Waals surface area contributed by atoms with Crippen LogP contribution in [0.1, 0.15) is 32.1 Å². The van der Waals surface area contributed by atoms with E-state index in [1.54, 1.807) is 4.90 Å². The maximum atomic E-state index is 11.6. The third kappa shape index (κ3) is 3.70. The van der Waals surface area contributed by atoms with Crippen molar-refractivity contribution in [1.29, 1.82) is 0 Å². The highest BCUT2D eigenvalue weighted by Crippen LogP contribution is 2.21. The van der Waals surface area contributed by atoms with Crippen LogP contribution in [0, 0.1) is 5.92 Å². The molecule has 0 atom stereocenters. The lowest BCUT2D eigenvalue weighted by atomic mass is 9.96. The Morgan fingerprint density at radius 3 is 2.22 bits per heavy atom. The van der Waals surface area contributed by atoms with E-state index in [1.165, 1.54) is 25.9 Å². The number of hydrogen-bond donors (Lipinski definition) is 1. The number of amides is 1. The molecule has 0 aromatic heterocycles. The quantitative estimate of drug-likeness (QED) is 0.754. The first-order chi connectivity index (χ1) is 8.65. The van der Waals surface area contributed by atoms with Crippen LogP contribution in [0.5, 0.6) is 0 Å². The Balaban J connectivity index is 1.70. The first-order valence-electron chi connectivity index (χ1n) is 6.87. The number of carboxylic acids is 1. The molecule has 2 aliphatic heterocycles. The summed E-state index contributed by atoms with van der Waals surface area (Å²) in [7, 11) is 0. The van der Waals surface area contributed by atoms with Gasteiger partial charge in [-0.3, -0.25) is 9.59 Å². The fourth-order valence-corrected chi connectivity index (χ4v) is 2.94. The number of aliphatic carboxylic acids is 1. The van der Waals surface area contributed by atoms with Crippen LogP contribution in [0.3, 0.4) is 0 Å². The van der Waals surface area contributed by atoms with Gasteiger partial charge in [0.2, 0.25) is 5.91 Å². The first-order valence-corrected chi connectivity index (χ1v) is 6.87. The van der Waals surface area contributed by atoms with Crippen LogP contribution in [0.2, 0.25) is 0 Å². The summed E-state index contributed by atoms with van der Waals surface area (Å²) in [4.78, 5) is 26.3. The molecule has 2 rings (SSSR count). The fourth-order valence-electron chi connectivity index (χ4n) is 2.94. The van der Waals surface area contributed by atoms with Crippen molar-refractivity contribution in [3.05, 3.63) is 0 Å². The van der Waals surface area contributed by atoms with Crippen molar-refractivity contribution in [2.75, 3.05) is 32.7 Å². The molecule has 2 heterocycles. The van der Waals surface area contributed by atoms with E-state index in [9.17, 15) is 9.59 Å². The van der Waals surface area contributed by atoms with Gasteiger partial charge in [0.1, 0.15) is 6.42 Å². The monoisotopic (exact) mass is 254 g/mol. The number of carbonyl (C=O) groups is 2. The summed E-state index contributed by atoms with van der Waals surface area (Å²) in [5, 5.41) is 8.60. The zero-order valence-corrected chi connectivity index (χ0v) is 10.8. The summed E-state index contributed by atoms with van der Waals surface area (Å²) in [5.74, 6) is -0.585. The molecule has 0 bridgehead atoms. The van der Waals surface area contributed by atoms with Crippen LogP contribution in [0.4, 0.5) is 0 Å². The molecular weight excluding hydrogens is 232 g/mol. The molecule has 1 N–H and O–H groups in total. The maximum absolute atomic E-state index is 11.6. The summed E-state index contributed by atoms with van der Waals surface area (Å²) in [6.07, 6.45) is 4.30. The van der Waals surface area contributed by atoms with Gasteiger partial charge in [-0.05, 0) is 44.7 Å². The number of nitrogens with zero attached hydrogens (tertiary/aromatic N) is 2. The van der Waals surface area contributed by atoms with E-state index < -0.39 is 5.97 Å². The van der Waals surface area contributed by atoms with Crippen molar-refractivity contribution in [2.45, 2.75) is 32.1 Å². The lowest BCUT2D eigenvalue weighted by Crippen LogP contribution is -2.41. The molecule has 5 nitrogen and oxygen atoms in total. The first kappa shape index (κ1) is 13.3. The highest BCUT2D eigenvalue weighted by molar-refractivity contribution is 5.93. The van der Waals surface area contributed by atoms with Crippen LogP contribution >= 0.6 is 0 Å². The molecule has 1 amide bonds. The Bertz CT molecular complexity index is 305. The SMILES string of the molecule is O=C(O)CC(=O)N1CCC(CN2CCCC2)CC1. The Kier molecular flexibility index (Phi) is 4.58. The van der Waals surface area contributed by atoms with Gasteiger partial charge in [-0.15, -0.1) is 0 Å². The summed E-state index contributed by atoms with van der Waals surface area (Å²) >= 11 is 0. The average molecular weight is 254 g/mol. The summed E-state index contributed by atoms with van der Waals surface area (Å²) in [6, 6.07) is 0. The topological polar surface area (TPSA) is 60.9 Å². The number of piperidine rings is 1. The molecule has 102 valence electrons. The smallest absolute Gasteiger partial charge is 0.312 e. The molecule has 0 saturated carbocycles. The molecule has 18 heavy (non-hydrogen) atoms. The Labute approximate surface area is 108 Å². The number of rotatable bonds is 4. The van der Waals surface area contributed by atoms with E-state index in [0.29, 0.717) is 5.92 Å². The van der Waals surface area contributed by atoms with Crippen LogP contribution in [-0.4, -0.2) is 59.5 Å². The zero-order chi connectivity index (χ0) is 13.0. The Morgan fingerprint density at radius 2 is 1.67 bits per heavy atom. The van der Waals surface area contributed by atoms with E-state index in [4.69, 9.17) is 5.11 Å². The number of carboxylic acid groups (broad SMARTS) is 1. The highest BCUT2D eigenvalue weighted by atomic mass is 16.4. The molecule has 0 aromatic carbocycles. The molecule has 5 heteroatoms. The van der Waals surface area contributed by atoms with Crippen molar-refractivity contribution in [1.82, 2.24) is 9.80 Å². The molecular formula is C13H22N2O3. The van der Waals surface area contributed by atoms with Gasteiger partial charge in [0.25, 0.3) is 0 Å². The minimum atomic E-state index is -1.03. The van der Waals surface area contributed by atoms with Crippen molar-refractivity contribution >= 4 is 11.9 Å². The van der Waals surface area contributed by atoms with Gasteiger partial charge >= 0.3 is 5.97 Å². The number of carbonyl (C=O) groups excluding carboxylic acids is 1. The van der Waals surface area contributed by atoms with E-state index in [0.717, 1.165) is 32.5 Å². The number of likely N-dealkylation sites (tertiary alicyclic amines) is 2. The van der Waals surface area contributed by atoms with Gasteiger partial charge in [0.15, 0.2) is 0 Å². The molecule has 0 spiro atoms. The average Bonchev–Trinajstić information content (AvgIpc) is 2.82. The standard InChI is InChI=1S/C13H22N2O3/c16-12(9-13(17)18)15-7-3-11(4-8-15)10-14-5-1-2-6-14/h11H,1-10H2,(H,17,18). The van der Waals surface area contributed by atoms with Crippen molar-refractivity contribution in [2.24, 2.45) is 5.92 Å². The second kappa shape index (κ2) is 6.18. The predicted molar refractivity (Wildman–Crippen MR) is 67.2 cm³/mol. The number of hydrogen-bond acceptors (Lipinski definition) is 3. The van der Waals surface area contributed by atoms with E-state index in [-0.39, 0.29) is 12.3 Å². The van der Waals surface area contributed by atoms with Crippen LogP contribution < -0.4 is 0 Å². The Morgan fingerprint density at radius 1 is 1.06 bits per heavy atom. The normalized spacial score (nSPS) is 22.3. The molecule has 2 saturated heterocycles. The maximum Gasteiger partial charge on any atom is 0.312 e. The van der Waals surface area contributed by atoms with Crippen LogP contribution in [0.15, 0.2) is 0 Å². The minimum absolute atomic E-state index is 0.234. The lowest BCUT2D eigenvalue weighted by molar-refractivity contribution is -0.144. The molecule has 2 fully saturated rings. The fraction of sp³-hybridized carbons (Fsp3) is 0.846. The Hall–Kier alpha value is -1.10. The largest absolute Gasteiger partial charge is 0.481 e. The zero-order valence-electron chi connectivity index (χ0n) is 10.8. The minimum Gasteiger partial charge on any atom is -0.481 e. The molecule has 0 unspecified atom stereocenters. The predicted octanol–water partition coefficient (Wildman–Crippen LogP) is 0.795. The third-order valence-electron chi connectivity index (χ3n) is 3.98. The van der Waals surface area contributed by atoms with Gasteiger partial charge in [-0.25, -0.2) is 0 Å². The second-order valence-electron chi connectivity index (χ2n) is 5.40. The summed E-state index contributed by atoms with van der Waals surface area (Å²) in [5.41, 5.74) is 0. The van der Waals surface area contributed by atoms with Gasteiger partial charge in [-0.1, -0.05) is 0 Å². The van der Waals surface area contributed by atoms with E-state index in [1.807, 2.05) is 0 Å². The van der Waals surface area contributed by atoms with Crippen LogP contribution in [0.25, 0.3) is 0 Å². The molecule has 0 aliphatic carbocycles. The lowest BCUT2D eigenvalue weighted by Gasteiger charge is -2.33. The van der Waals surface area contributed by atoms with Gasteiger partial charge in [0, 0.05) is 19.6 Å². The summed E-state index contributed by atoms with van der Waals surface area (Å²) < 4.78 is 0. The third-order valence-corrected chi connectivity index (χ3v) is 3.98. The van der Waals surface area contributed by atoms with E-state index in [2.05, 4.69) is 4.90 Å². The molecule has 2 aliphatic rings. The van der Waals surface area contributed by atoms with Crippen LogP contribution in [-0.2, 0) is 9.59 Å². The van der Waals surface area contributed by atoms with Gasteiger partial charge in [0.05, 0.1) is 0 Å². The second-order valence-corrected chi connectivity index (χ2v) is 5.40. The van der Waals surface area contributed by atoms with Gasteiger partial charge in [-0.2, -0.15) is 0 Å². The molecule has 0 radical (unpaired) electrons. The van der Waals surface area contributed by atoms with Crippen molar-refractivity contribution in [3.8, 4) is 0 Å².